The fourth-order valence-corrected chi connectivity index (χ4v) is 1.71. The summed E-state index contributed by atoms with van der Waals surface area (Å²) < 4.78 is 0. The summed E-state index contributed by atoms with van der Waals surface area (Å²) in [5.74, 6) is 0.0509. The molecule has 0 heterocycles. The predicted octanol–water partition coefficient (Wildman–Crippen LogP) is 3.63. The second-order valence-electron chi connectivity index (χ2n) is 4.66. The van der Waals surface area contributed by atoms with E-state index in [4.69, 9.17) is 5.11 Å². The van der Waals surface area contributed by atoms with Gasteiger partial charge in [-0.1, -0.05) is 29.8 Å². The number of carbonyl (C=O) groups is 2. The molecule has 2 aromatic rings. The first-order valence-electron chi connectivity index (χ1n) is 6.25. The van der Waals surface area contributed by atoms with Gasteiger partial charge in [-0.2, -0.15) is 0 Å². The molecular formula is C17H18O3. The van der Waals surface area contributed by atoms with E-state index in [0.717, 1.165) is 23.0 Å². The third kappa shape index (κ3) is 4.35. The molecule has 0 aliphatic rings. The van der Waals surface area contributed by atoms with Crippen molar-refractivity contribution in [1.29, 1.82) is 0 Å². The molecule has 0 aromatic heterocycles. The normalized spacial score (nSPS) is 9.35. The van der Waals surface area contributed by atoms with Crippen LogP contribution in [0.25, 0.3) is 0 Å². The van der Waals surface area contributed by atoms with Crippen molar-refractivity contribution in [3.63, 3.8) is 0 Å². The van der Waals surface area contributed by atoms with E-state index in [0.29, 0.717) is 11.8 Å². The number of phenolic OH excluding ortho intramolecular Hbond substituents is 1. The number of hydrogen-bond donors (Lipinski definition) is 1. The topological polar surface area (TPSA) is 54.4 Å². The van der Waals surface area contributed by atoms with Gasteiger partial charge >= 0.3 is 0 Å². The van der Waals surface area contributed by atoms with Crippen molar-refractivity contribution >= 4 is 12.6 Å². The van der Waals surface area contributed by atoms with E-state index in [1.54, 1.807) is 18.2 Å². The molecule has 20 heavy (non-hydrogen) atoms. The standard InChI is InChI=1S/C9H10O.C8H8O2/c1-7-3-4-9(6-10)8(2)5-7;1-6-2-3-7(5-9)8(10)4-6/h3-6H,1-2H3;2-5,10H,1H3. The summed E-state index contributed by atoms with van der Waals surface area (Å²) >= 11 is 0. The smallest absolute Gasteiger partial charge is 0.153 e. The molecule has 2 rings (SSSR count). The Bertz CT molecular complexity index is 560. The quantitative estimate of drug-likeness (QED) is 0.848. The number of benzene rings is 2. The van der Waals surface area contributed by atoms with Crippen LogP contribution in [-0.4, -0.2) is 17.7 Å². The summed E-state index contributed by atoms with van der Waals surface area (Å²) in [6, 6.07) is 10.7. The number of carbonyl (C=O) groups excluding carboxylic acids is 2. The van der Waals surface area contributed by atoms with Gasteiger partial charge in [0.2, 0.25) is 0 Å². The van der Waals surface area contributed by atoms with Crippen LogP contribution in [0.1, 0.15) is 37.4 Å². The lowest BCUT2D eigenvalue weighted by atomic mass is 10.1. The highest BCUT2D eigenvalue weighted by molar-refractivity contribution is 5.79. The van der Waals surface area contributed by atoms with Crippen molar-refractivity contribution in [2.24, 2.45) is 0 Å². The van der Waals surface area contributed by atoms with Gasteiger partial charge in [0.05, 0.1) is 5.56 Å². The predicted molar refractivity (Wildman–Crippen MR) is 79.5 cm³/mol. The molecule has 0 aliphatic heterocycles. The molecule has 0 fully saturated rings. The average molecular weight is 270 g/mol. The molecule has 0 saturated heterocycles. The van der Waals surface area contributed by atoms with Gasteiger partial charge < -0.3 is 5.11 Å². The van der Waals surface area contributed by atoms with Crippen LogP contribution in [0.15, 0.2) is 36.4 Å². The molecule has 0 atom stereocenters. The third-order valence-corrected chi connectivity index (χ3v) is 2.87. The summed E-state index contributed by atoms with van der Waals surface area (Å²) in [5.41, 5.74) is 4.32. The number of aromatic hydroxyl groups is 1. The summed E-state index contributed by atoms with van der Waals surface area (Å²) in [7, 11) is 0. The van der Waals surface area contributed by atoms with Gasteiger partial charge in [-0.05, 0) is 44.0 Å². The first-order chi connectivity index (χ1) is 9.47. The Labute approximate surface area is 118 Å². The van der Waals surface area contributed by atoms with Gasteiger partial charge in [0.15, 0.2) is 6.29 Å². The maximum absolute atomic E-state index is 10.3. The second kappa shape index (κ2) is 7.24. The van der Waals surface area contributed by atoms with Crippen LogP contribution in [-0.2, 0) is 0 Å². The SMILES string of the molecule is Cc1ccc(C=O)c(C)c1.Cc1ccc(C=O)c(O)c1. The zero-order valence-corrected chi connectivity index (χ0v) is 11.9. The third-order valence-electron chi connectivity index (χ3n) is 2.87. The molecule has 1 N–H and O–H groups in total. The summed E-state index contributed by atoms with van der Waals surface area (Å²) in [5, 5.41) is 9.06. The lowest BCUT2D eigenvalue weighted by molar-refractivity contribution is 0.111. The van der Waals surface area contributed by atoms with Crippen LogP contribution in [0, 0.1) is 20.8 Å². The van der Waals surface area contributed by atoms with Crippen molar-refractivity contribution in [3.05, 3.63) is 64.2 Å². The van der Waals surface area contributed by atoms with E-state index in [1.807, 2.05) is 39.0 Å². The Morgan fingerprint density at radius 3 is 1.75 bits per heavy atom. The van der Waals surface area contributed by atoms with E-state index in [-0.39, 0.29) is 5.75 Å². The Balaban J connectivity index is 0.000000200. The largest absolute Gasteiger partial charge is 0.507 e. The van der Waals surface area contributed by atoms with Crippen LogP contribution in [0.4, 0.5) is 0 Å². The van der Waals surface area contributed by atoms with Gasteiger partial charge in [0, 0.05) is 5.56 Å². The Morgan fingerprint density at radius 2 is 1.30 bits per heavy atom. The van der Waals surface area contributed by atoms with E-state index in [1.165, 1.54) is 5.56 Å². The monoisotopic (exact) mass is 270 g/mol. The van der Waals surface area contributed by atoms with Crippen LogP contribution < -0.4 is 0 Å². The first-order valence-corrected chi connectivity index (χ1v) is 6.25. The molecule has 0 unspecified atom stereocenters. The van der Waals surface area contributed by atoms with E-state index >= 15 is 0 Å². The molecule has 0 amide bonds. The van der Waals surface area contributed by atoms with E-state index < -0.39 is 0 Å². The molecule has 0 aliphatic carbocycles. The number of aldehydes is 2. The van der Waals surface area contributed by atoms with Crippen molar-refractivity contribution < 1.29 is 14.7 Å². The minimum absolute atomic E-state index is 0.0509. The molecule has 104 valence electrons. The first kappa shape index (κ1) is 15.6. The maximum atomic E-state index is 10.3. The average Bonchev–Trinajstić information content (AvgIpc) is 2.40. The highest BCUT2D eigenvalue weighted by Gasteiger charge is 1.97. The molecule has 0 saturated carbocycles. The van der Waals surface area contributed by atoms with Crippen molar-refractivity contribution in [2.75, 3.05) is 0 Å². The zero-order chi connectivity index (χ0) is 15.1. The van der Waals surface area contributed by atoms with Gasteiger partial charge in [0.1, 0.15) is 12.0 Å². The van der Waals surface area contributed by atoms with Gasteiger partial charge in [-0.15, -0.1) is 0 Å². The Kier molecular flexibility index (Phi) is 5.66. The number of aryl methyl sites for hydroxylation is 3. The molecule has 0 spiro atoms. The van der Waals surface area contributed by atoms with E-state index in [9.17, 15) is 9.59 Å². The molecule has 2 aromatic carbocycles. The van der Waals surface area contributed by atoms with Crippen LogP contribution in [0.5, 0.6) is 5.75 Å². The Hall–Kier alpha value is -2.42. The molecule has 3 nitrogen and oxygen atoms in total. The molecule has 0 radical (unpaired) electrons. The van der Waals surface area contributed by atoms with Crippen molar-refractivity contribution in [2.45, 2.75) is 20.8 Å². The minimum Gasteiger partial charge on any atom is -0.507 e. The number of hydrogen-bond acceptors (Lipinski definition) is 3. The highest BCUT2D eigenvalue weighted by Crippen LogP contribution is 2.15. The Morgan fingerprint density at radius 1 is 0.800 bits per heavy atom. The second-order valence-corrected chi connectivity index (χ2v) is 4.66. The summed E-state index contributed by atoms with van der Waals surface area (Å²) in [6.07, 6.45) is 1.52. The van der Waals surface area contributed by atoms with Crippen LogP contribution >= 0.6 is 0 Å². The number of rotatable bonds is 2. The summed E-state index contributed by atoms with van der Waals surface area (Å²) in [4.78, 5) is 20.5. The van der Waals surface area contributed by atoms with E-state index in [2.05, 4.69) is 0 Å². The molecule has 0 bridgehead atoms. The van der Waals surface area contributed by atoms with Crippen LogP contribution in [0.3, 0.4) is 0 Å². The molecule has 3 heteroatoms. The van der Waals surface area contributed by atoms with Crippen molar-refractivity contribution in [1.82, 2.24) is 0 Å². The lowest BCUT2D eigenvalue weighted by Crippen LogP contribution is -1.85. The van der Waals surface area contributed by atoms with Crippen LogP contribution in [0.2, 0.25) is 0 Å². The van der Waals surface area contributed by atoms with Gasteiger partial charge in [0.25, 0.3) is 0 Å². The lowest BCUT2D eigenvalue weighted by Gasteiger charge is -1.97. The maximum Gasteiger partial charge on any atom is 0.153 e. The van der Waals surface area contributed by atoms with Gasteiger partial charge in [-0.25, -0.2) is 0 Å². The molecular weight excluding hydrogens is 252 g/mol. The number of phenols is 1. The van der Waals surface area contributed by atoms with Gasteiger partial charge in [-0.3, -0.25) is 9.59 Å². The summed E-state index contributed by atoms with van der Waals surface area (Å²) in [6.45, 7) is 5.81. The van der Waals surface area contributed by atoms with Crippen molar-refractivity contribution in [3.8, 4) is 5.75 Å². The highest BCUT2D eigenvalue weighted by atomic mass is 16.3. The fourth-order valence-electron chi connectivity index (χ4n) is 1.71. The fraction of sp³-hybridized carbons (Fsp3) is 0.176. The minimum atomic E-state index is 0.0509. The zero-order valence-electron chi connectivity index (χ0n) is 11.9.